The van der Waals surface area contributed by atoms with Gasteiger partial charge in [-0.05, 0) is 64.4 Å². The number of ether oxygens (including phenoxy) is 2. The molecule has 1 saturated carbocycles. The van der Waals surface area contributed by atoms with E-state index in [-0.39, 0.29) is 85.3 Å². The molecule has 2 amide bonds. The lowest BCUT2D eigenvalue weighted by molar-refractivity contribution is -0.287. The highest BCUT2D eigenvalue weighted by Crippen LogP contribution is 2.45. The van der Waals surface area contributed by atoms with Gasteiger partial charge in [-0.3, -0.25) is 14.7 Å². The van der Waals surface area contributed by atoms with Gasteiger partial charge in [-0.1, -0.05) is 0 Å². The molecule has 3 atom stereocenters. The maximum Gasteiger partial charge on any atom is 0.417 e. The predicted octanol–water partition coefficient (Wildman–Crippen LogP) is 4.40. The van der Waals surface area contributed by atoms with E-state index >= 15 is 0 Å². The molecule has 218 valence electrons. The average molecular weight is 568 g/mol. The number of hydrogen-bond donors (Lipinski definition) is 2. The molecule has 2 aromatic rings. The van der Waals surface area contributed by atoms with E-state index in [9.17, 15) is 27.2 Å². The van der Waals surface area contributed by atoms with Crippen LogP contribution >= 0.6 is 0 Å². The number of nitrogens with one attached hydrogen (secondary N) is 2. The minimum Gasteiger partial charge on any atom is -0.481 e. The third-order valence-corrected chi connectivity index (χ3v) is 8.54. The first kappa shape index (κ1) is 28.3. The van der Waals surface area contributed by atoms with E-state index in [0.717, 1.165) is 19.0 Å². The van der Waals surface area contributed by atoms with Crippen LogP contribution in [0.2, 0.25) is 0 Å². The number of alkyl halides is 3. The van der Waals surface area contributed by atoms with Crippen molar-refractivity contribution in [2.24, 2.45) is 5.92 Å². The van der Waals surface area contributed by atoms with E-state index in [2.05, 4.69) is 20.5 Å². The standard InChI is InChI=1S/C27H33F4N5O4/c1-3-40-26(27(29,30)31)8-6-16(7-9-26)33-24(37)15-10-17-4-5-18(11-15)36(17)25(38)22-13-21(34-35-22)19-12-23(39-2)32-14-20(19)28/h12-18H,3-11H2,1-2H3,(H,33,37)(H,34,35)/t15-,16-,17-,18+,26+. The summed E-state index contributed by atoms with van der Waals surface area (Å²) in [5.74, 6) is -1.15. The Morgan fingerprint density at radius 3 is 2.42 bits per heavy atom. The van der Waals surface area contributed by atoms with Gasteiger partial charge in [0.15, 0.2) is 17.1 Å². The molecule has 2 aromatic heterocycles. The SMILES string of the molecule is CCO[C@]1(C(F)(F)F)CC[C@H](NC(=O)[C@@H]2C[C@H]3CC[C@@H](C2)N3C(=O)c2cc(-c3cc(OC)ncc3F)[nH]n2)CC1. The van der Waals surface area contributed by atoms with E-state index in [1.807, 2.05) is 0 Å². The van der Waals surface area contributed by atoms with E-state index < -0.39 is 17.6 Å². The molecule has 1 aliphatic carbocycles. The van der Waals surface area contributed by atoms with E-state index in [4.69, 9.17) is 9.47 Å². The molecule has 5 rings (SSSR count). The number of fused-ring (bicyclic) bond motifs is 2. The van der Waals surface area contributed by atoms with Gasteiger partial charge < -0.3 is 19.7 Å². The Bertz CT molecular complexity index is 1230. The van der Waals surface area contributed by atoms with Crippen molar-refractivity contribution in [1.29, 1.82) is 0 Å². The molecular formula is C27H33F4N5O4. The number of methoxy groups -OCH3 is 1. The van der Waals surface area contributed by atoms with Crippen molar-refractivity contribution in [2.45, 2.75) is 88.2 Å². The van der Waals surface area contributed by atoms with E-state index in [1.165, 1.54) is 19.2 Å². The van der Waals surface area contributed by atoms with Gasteiger partial charge in [0.25, 0.3) is 5.91 Å². The fourth-order valence-electron chi connectivity index (χ4n) is 6.50. The molecule has 3 fully saturated rings. The number of nitrogens with zero attached hydrogens (tertiary/aromatic N) is 3. The first-order valence-corrected chi connectivity index (χ1v) is 13.6. The second-order valence-corrected chi connectivity index (χ2v) is 10.8. The lowest BCUT2D eigenvalue weighted by Gasteiger charge is -2.42. The van der Waals surface area contributed by atoms with Crippen molar-refractivity contribution >= 4 is 11.8 Å². The monoisotopic (exact) mass is 567 g/mol. The topological polar surface area (TPSA) is 109 Å². The van der Waals surface area contributed by atoms with Crippen molar-refractivity contribution < 1.29 is 36.6 Å². The molecule has 2 N–H and O–H groups in total. The van der Waals surface area contributed by atoms with Crippen LogP contribution in [0.5, 0.6) is 5.88 Å². The van der Waals surface area contributed by atoms with Crippen LogP contribution in [0.4, 0.5) is 17.6 Å². The maximum absolute atomic E-state index is 14.3. The van der Waals surface area contributed by atoms with Gasteiger partial charge >= 0.3 is 6.18 Å². The first-order valence-electron chi connectivity index (χ1n) is 13.6. The molecule has 0 aromatic carbocycles. The minimum atomic E-state index is -4.45. The van der Waals surface area contributed by atoms with Crippen molar-refractivity contribution in [2.75, 3.05) is 13.7 Å². The highest BCUT2D eigenvalue weighted by atomic mass is 19.4. The number of piperidine rings is 1. The quantitative estimate of drug-likeness (QED) is 0.480. The number of carbonyl (C=O) groups excluding carboxylic acids is 2. The predicted molar refractivity (Wildman–Crippen MR) is 135 cm³/mol. The Morgan fingerprint density at radius 2 is 1.82 bits per heavy atom. The zero-order chi connectivity index (χ0) is 28.7. The van der Waals surface area contributed by atoms with Crippen LogP contribution in [0.3, 0.4) is 0 Å². The number of aromatic amines is 1. The largest absolute Gasteiger partial charge is 0.481 e. The van der Waals surface area contributed by atoms with Gasteiger partial charge in [0.2, 0.25) is 11.8 Å². The zero-order valence-corrected chi connectivity index (χ0v) is 22.4. The summed E-state index contributed by atoms with van der Waals surface area (Å²) in [6.07, 6.45) is -0.957. The fraction of sp³-hybridized carbons (Fsp3) is 0.630. The highest BCUT2D eigenvalue weighted by molar-refractivity contribution is 5.94. The van der Waals surface area contributed by atoms with Gasteiger partial charge in [0.1, 0.15) is 0 Å². The van der Waals surface area contributed by atoms with Crippen LogP contribution in [0.15, 0.2) is 18.3 Å². The second kappa shape index (κ2) is 11.0. The molecule has 40 heavy (non-hydrogen) atoms. The van der Waals surface area contributed by atoms with Gasteiger partial charge in [-0.25, -0.2) is 9.37 Å². The minimum absolute atomic E-state index is 0.0223. The molecule has 0 radical (unpaired) electrons. The highest BCUT2D eigenvalue weighted by Gasteiger charge is 2.57. The van der Waals surface area contributed by atoms with Crippen LogP contribution in [0, 0.1) is 11.7 Å². The van der Waals surface area contributed by atoms with Gasteiger partial charge in [-0.15, -0.1) is 0 Å². The Labute approximate surface area is 229 Å². The third-order valence-electron chi connectivity index (χ3n) is 8.54. The number of amides is 2. The van der Waals surface area contributed by atoms with E-state index in [0.29, 0.717) is 18.5 Å². The molecule has 0 spiro atoms. The Hall–Kier alpha value is -3.22. The van der Waals surface area contributed by atoms with Crippen molar-refractivity contribution in [3.05, 3.63) is 29.8 Å². The van der Waals surface area contributed by atoms with Crippen LogP contribution in [0.1, 0.15) is 68.8 Å². The molecule has 9 nitrogen and oxygen atoms in total. The number of pyridine rings is 1. The van der Waals surface area contributed by atoms with Crippen molar-refractivity contribution in [1.82, 2.24) is 25.4 Å². The van der Waals surface area contributed by atoms with Gasteiger partial charge in [-0.2, -0.15) is 18.3 Å². The number of rotatable bonds is 7. The molecular weight excluding hydrogens is 534 g/mol. The third kappa shape index (κ3) is 5.27. The van der Waals surface area contributed by atoms with Crippen LogP contribution < -0.4 is 10.1 Å². The summed E-state index contributed by atoms with van der Waals surface area (Å²) in [6.45, 7) is 1.53. The van der Waals surface area contributed by atoms with E-state index in [1.54, 1.807) is 11.8 Å². The fourth-order valence-corrected chi connectivity index (χ4v) is 6.50. The summed E-state index contributed by atoms with van der Waals surface area (Å²) in [4.78, 5) is 32.1. The Balaban J connectivity index is 1.20. The molecule has 2 aliphatic heterocycles. The summed E-state index contributed by atoms with van der Waals surface area (Å²) in [5.41, 5.74) is -1.51. The van der Waals surface area contributed by atoms with Crippen LogP contribution in [-0.2, 0) is 9.53 Å². The number of carbonyl (C=O) groups is 2. The molecule has 13 heteroatoms. The average Bonchev–Trinajstić information content (AvgIpc) is 3.51. The Morgan fingerprint density at radius 1 is 1.15 bits per heavy atom. The number of aromatic nitrogens is 3. The normalized spacial score (nSPS) is 28.4. The summed E-state index contributed by atoms with van der Waals surface area (Å²) >= 11 is 0. The zero-order valence-electron chi connectivity index (χ0n) is 22.4. The lowest BCUT2D eigenvalue weighted by atomic mass is 9.81. The van der Waals surface area contributed by atoms with Crippen molar-refractivity contribution in [3.63, 3.8) is 0 Å². The summed E-state index contributed by atoms with van der Waals surface area (Å²) in [5, 5.41) is 9.80. The lowest BCUT2D eigenvalue weighted by Crippen LogP contribution is -2.54. The number of H-pyrrole nitrogens is 1. The molecule has 2 saturated heterocycles. The summed E-state index contributed by atoms with van der Waals surface area (Å²) < 4.78 is 65.5. The van der Waals surface area contributed by atoms with Gasteiger partial charge in [0.05, 0.1) is 19.0 Å². The molecule has 0 unspecified atom stereocenters. The smallest absolute Gasteiger partial charge is 0.417 e. The molecule has 2 bridgehead atoms. The summed E-state index contributed by atoms with van der Waals surface area (Å²) in [7, 11) is 1.42. The van der Waals surface area contributed by atoms with Crippen LogP contribution in [-0.4, -0.2) is 75.5 Å². The van der Waals surface area contributed by atoms with Gasteiger partial charge in [0, 0.05) is 42.3 Å². The van der Waals surface area contributed by atoms with Crippen molar-refractivity contribution in [3.8, 4) is 17.1 Å². The molecule has 3 aliphatic rings. The first-order chi connectivity index (χ1) is 19.0. The summed E-state index contributed by atoms with van der Waals surface area (Å²) in [6, 6.07) is 2.27. The number of halogens is 4. The Kier molecular flexibility index (Phi) is 7.77. The maximum atomic E-state index is 14.3. The molecule has 4 heterocycles. The second-order valence-electron chi connectivity index (χ2n) is 10.8. The number of hydrogen-bond acceptors (Lipinski definition) is 6. The van der Waals surface area contributed by atoms with Crippen LogP contribution in [0.25, 0.3) is 11.3 Å².